The molecule has 4 rings (SSSR count). The maximum atomic E-state index is 14.0. The van der Waals surface area contributed by atoms with Gasteiger partial charge in [-0.15, -0.1) is 0 Å². The molecule has 9 heteroatoms. The third kappa shape index (κ3) is 7.43. The Hall–Kier alpha value is -3.36. The monoisotopic (exact) mass is 581 g/mol. The number of carbonyl (C=O) groups excluding carboxylic acids is 2. The van der Waals surface area contributed by atoms with Crippen molar-refractivity contribution < 1.29 is 18.0 Å². The van der Waals surface area contributed by atoms with E-state index in [-0.39, 0.29) is 23.4 Å². The van der Waals surface area contributed by atoms with Gasteiger partial charge in [-0.05, 0) is 68.7 Å². The van der Waals surface area contributed by atoms with E-state index in [0.717, 1.165) is 47.5 Å². The first-order chi connectivity index (χ1) is 19.1. The van der Waals surface area contributed by atoms with Crippen molar-refractivity contribution in [3.8, 4) is 0 Å². The van der Waals surface area contributed by atoms with E-state index in [1.807, 2.05) is 31.2 Å². The van der Waals surface area contributed by atoms with Crippen LogP contribution in [-0.2, 0) is 26.2 Å². The van der Waals surface area contributed by atoms with E-state index in [1.54, 1.807) is 49.4 Å². The Balaban J connectivity index is 1.65. The number of carbonyl (C=O) groups is 2. The van der Waals surface area contributed by atoms with Gasteiger partial charge in [0.25, 0.3) is 10.0 Å². The Morgan fingerprint density at radius 2 is 1.55 bits per heavy atom. The molecule has 1 N–H and O–H groups in total. The third-order valence-electron chi connectivity index (χ3n) is 7.32. The highest BCUT2D eigenvalue weighted by Gasteiger charge is 2.33. The van der Waals surface area contributed by atoms with Crippen LogP contribution >= 0.6 is 11.6 Å². The summed E-state index contributed by atoms with van der Waals surface area (Å²) in [6.07, 6.45) is 5.14. The summed E-state index contributed by atoms with van der Waals surface area (Å²) < 4.78 is 28.6. The van der Waals surface area contributed by atoms with Crippen molar-refractivity contribution in [1.82, 2.24) is 10.2 Å². The highest BCUT2D eigenvalue weighted by Crippen LogP contribution is 2.26. The van der Waals surface area contributed by atoms with Crippen LogP contribution in [0.2, 0.25) is 5.02 Å². The molecule has 0 radical (unpaired) electrons. The second kappa shape index (κ2) is 13.3. The number of hydrogen-bond donors (Lipinski definition) is 1. The van der Waals surface area contributed by atoms with Crippen LogP contribution in [0.5, 0.6) is 0 Å². The smallest absolute Gasteiger partial charge is 0.264 e. The van der Waals surface area contributed by atoms with Crippen LogP contribution in [0.1, 0.15) is 50.2 Å². The van der Waals surface area contributed by atoms with Crippen LogP contribution in [0.4, 0.5) is 5.69 Å². The van der Waals surface area contributed by atoms with Crippen molar-refractivity contribution in [2.75, 3.05) is 10.8 Å². The van der Waals surface area contributed by atoms with Crippen molar-refractivity contribution in [3.05, 3.63) is 95.0 Å². The van der Waals surface area contributed by atoms with Crippen LogP contribution in [0.25, 0.3) is 0 Å². The molecule has 0 aliphatic heterocycles. The predicted octanol–water partition coefficient (Wildman–Crippen LogP) is 5.71. The van der Waals surface area contributed by atoms with E-state index >= 15 is 0 Å². The molecule has 2 amide bonds. The van der Waals surface area contributed by atoms with Crippen molar-refractivity contribution in [1.29, 1.82) is 0 Å². The lowest BCUT2D eigenvalue weighted by molar-refractivity contribution is -0.139. The Morgan fingerprint density at radius 1 is 0.925 bits per heavy atom. The number of sulfonamides is 1. The molecule has 0 heterocycles. The van der Waals surface area contributed by atoms with E-state index in [9.17, 15) is 18.0 Å². The second-order valence-electron chi connectivity index (χ2n) is 10.3. The molecular weight excluding hydrogens is 546 g/mol. The molecule has 212 valence electrons. The maximum Gasteiger partial charge on any atom is 0.264 e. The van der Waals surface area contributed by atoms with Gasteiger partial charge in [-0.3, -0.25) is 13.9 Å². The first-order valence-electron chi connectivity index (χ1n) is 13.6. The molecule has 0 unspecified atom stereocenters. The number of amides is 2. The summed E-state index contributed by atoms with van der Waals surface area (Å²) in [4.78, 5) is 28.9. The second-order valence-corrected chi connectivity index (χ2v) is 12.6. The summed E-state index contributed by atoms with van der Waals surface area (Å²) in [5.41, 5.74) is 2.23. The zero-order valence-corrected chi connectivity index (χ0v) is 24.5. The standard InChI is InChI=1S/C31H36ClN3O4S/c1-23-13-15-25(16-14-23)21-34(24(2)31(37)33-27-9-5-3-6-10-27)30(36)22-35(28-19-17-26(32)18-20-28)40(38,39)29-11-7-4-8-12-29/h4,7-8,11-20,24,27H,3,5-6,9-10,21-22H2,1-2H3,(H,33,37)/t24-/m1/s1. The third-order valence-corrected chi connectivity index (χ3v) is 9.36. The summed E-state index contributed by atoms with van der Waals surface area (Å²) in [5, 5.41) is 3.56. The molecule has 0 saturated heterocycles. The Labute approximate surface area is 242 Å². The maximum absolute atomic E-state index is 14.0. The lowest BCUT2D eigenvalue weighted by Gasteiger charge is -2.33. The van der Waals surface area contributed by atoms with Gasteiger partial charge in [0.15, 0.2) is 0 Å². The van der Waals surface area contributed by atoms with Gasteiger partial charge in [0.1, 0.15) is 12.6 Å². The van der Waals surface area contributed by atoms with E-state index in [4.69, 9.17) is 11.6 Å². The van der Waals surface area contributed by atoms with Crippen LogP contribution in [0.3, 0.4) is 0 Å². The van der Waals surface area contributed by atoms with Crippen molar-refractivity contribution in [2.45, 2.75) is 69.5 Å². The van der Waals surface area contributed by atoms with Crippen LogP contribution in [0.15, 0.2) is 83.8 Å². The SMILES string of the molecule is Cc1ccc(CN(C(=O)CN(c2ccc(Cl)cc2)S(=O)(=O)c2ccccc2)[C@H](C)C(=O)NC2CCCCC2)cc1. The molecule has 3 aromatic carbocycles. The molecule has 3 aromatic rings. The van der Waals surface area contributed by atoms with Crippen LogP contribution < -0.4 is 9.62 Å². The van der Waals surface area contributed by atoms with Crippen molar-refractivity contribution >= 4 is 39.1 Å². The number of nitrogens with zero attached hydrogens (tertiary/aromatic N) is 2. The molecule has 40 heavy (non-hydrogen) atoms. The van der Waals surface area contributed by atoms with E-state index in [0.29, 0.717) is 10.7 Å². The predicted molar refractivity (Wildman–Crippen MR) is 159 cm³/mol. The van der Waals surface area contributed by atoms with Gasteiger partial charge in [0, 0.05) is 17.6 Å². The lowest BCUT2D eigenvalue weighted by atomic mass is 9.95. The molecule has 0 spiro atoms. The van der Waals surface area contributed by atoms with Crippen LogP contribution in [0, 0.1) is 6.92 Å². The molecule has 1 atom stereocenters. The highest BCUT2D eigenvalue weighted by molar-refractivity contribution is 7.92. The number of rotatable bonds is 10. The molecule has 1 aliphatic carbocycles. The Morgan fingerprint density at radius 3 is 2.17 bits per heavy atom. The molecule has 0 aromatic heterocycles. The Bertz CT molecular complexity index is 1390. The fraction of sp³-hybridized carbons (Fsp3) is 0.355. The van der Waals surface area contributed by atoms with Crippen LogP contribution in [-0.4, -0.2) is 43.8 Å². The fourth-order valence-corrected chi connectivity index (χ4v) is 6.46. The highest BCUT2D eigenvalue weighted by atomic mass is 35.5. The number of anilines is 1. The zero-order chi connectivity index (χ0) is 28.7. The number of benzene rings is 3. The lowest BCUT2D eigenvalue weighted by Crippen LogP contribution is -2.53. The quantitative estimate of drug-likeness (QED) is 0.332. The molecular formula is C31H36ClN3O4S. The largest absolute Gasteiger partial charge is 0.352 e. The summed E-state index contributed by atoms with van der Waals surface area (Å²) in [6, 6.07) is 21.3. The minimum Gasteiger partial charge on any atom is -0.352 e. The molecule has 1 fully saturated rings. The summed E-state index contributed by atoms with van der Waals surface area (Å²) in [7, 11) is -4.10. The number of aryl methyl sites for hydroxylation is 1. The van der Waals surface area contributed by atoms with E-state index in [2.05, 4.69) is 5.32 Å². The average molecular weight is 582 g/mol. The van der Waals surface area contributed by atoms with Gasteiger partial charge >= 0.3 is 0 Å². The first-order valence-corrected chi connectivity index (χ1v) is 15.5. The summed E-state index contributed by atoms with van der Waals surface area (Å²) in [6.45, 7) is 3.36. The number of nitrogens with one attached hydrogen (secondary N) is 1. The van der Waals surface area contributed by atoms with Crippen molar-refractivity contribution in [3.63, 3.8) is 0 Å². The van der Waals surface area contributed by atoms with Gasteiger partial charge in [-0.1, -0.05) is 78.9 Å². The molecule has 1 aliphatic rings. The topological polar surface area (TPSA) is 86.8 Å². The molecule has 0 bridgehead atoms. The molecule has 7 nitrogen and oxygen atoms in total. The minimum atomic E-state index is -4.10. The van der Waals surface area contributed by atoms with E-state index in [1.165, 1.54) is 17.0 Å². The average Bonchev–Trinajstić information content (AvgIpc) is 2.96. The first kappa shape index (κ1) is 29.6. The number of hydrogen-bond acceptors (Lipinski definition) is 4. The minimum absolute atomic E-state index is 0.0610. The van der Waals surface area contributed by atoms with Gasteiger partial charge in [-0.25, -0.2) is 8.42 Å². The fourth-order valence-electron chi connectivity index (χ4n) is 4.90. The van der Waals surface area contributed by atoms with Gasteiger partial charge in [0.2, 0.25) is 11.8 Å². The van der Waals surface area contributed by atoms with Gasteiger partial charge in [-0.2, -0.15) is 0 Å². The van der Waals surface area contributed by atoms with Gasteiger partial charge in [0.05, 0.1) is 10.6 Å². The normalized spacial score (nSPS) is 14.8. The number of halogens is 1. The van der Waals surface area contributed by atoms with Crippen molar-refractivity contribution in [2.24, 2.45) is 0 Å². The summed E-state index contributed by atoms with van der Waals surface area (Å²) >= 11 is 6.07. The summed E-state index contributed by atoms with van der Waals surface area (Å²) in [5.74, 6) is -0.724. The Kier molecular flexibility index (Phi) is 9.87. The van der Waals surface area contributed by atoms with E-state index < -0.39 is 28.5 Å². The van der Waals surface area contributed by atoms with Gasteiger partial charge < -0.3 is 10.2 Å². The zero-order valence-electron chi connectivity index (χ0n) is 22.9. The molecule has 1 saturated carbocycles.